The predicted molar refractivity (Wildman–Crippen MR) is 68.6 cm³/mol. The largest absolute Gasteiger partial charge is 0.502 e. The molecule has 2 aromatic carbocycles. The summed E-state index contributed by atoms with van der Waals surface area (Å²) in [6.45, 7) is 0. The van der Waals surface area contributed by atoms with Crippen molar-refractivity contribution < 1.29 is 17.7 Å². The molecule has 0 aliphatic carbocycles. The van der Waals surface area contributed by atoms with Crippen LogP contribution in [0.25, 0.3) is 0 Å². The maximum atomic E-state index is 11.9. The topological polar surface area (TPSA) is 80.7 Å². The zero-order valence-electron chi connectivity index (χ0n) is 9.68. The highest BCUT2D eigenvalue weighted by Crippen LogP contribution is 2.24. The summed E-state index contributed by atoms with van der Waals surface area (Å²) < 4.78 is 28.6. The second kappa shape index (κ2) is 5.11. The fraction of sp³-hybridized carbons (Fsp3) is 0. The summed E-state index contributed by atoms with van der Waals surface area (Å²) >= 11 is 0. The Bertz CT molecular complexity index is 738. The molecule has 0 radical (unpaired) electrons. The summed E-state index contributed by atoms with van der Waals surface area (Å²) in [5.74, 6) is -1.15. The molecule has 0 saturated carbocycles. The van der Waals surface area contributed by atoms with E-state index >= 15 is 0 Å². The molecule has 5 nitrogen and oxygen atoms in total. The fourth-order valence-corrected chi connectivity index (χ4v) is 2.34. The Kier molecular flexibility index (Phi) is 3.52. The van der Waals surface area contributed by atoms with Gasteiger partial charge in [-0.1, -0.05) is 30.3 Å². The molecule has 0 aliphatic heterocycles. The van der Waals surface area contributed by atoms with Crippen LogP contribution in [0.1, 0.15) is 0 Å². The van der Waals surface area contributed by atoms with Gasteiger partial charge < -0.3 is 9.29 Å². The monoisotopic (exact) mass is 278 g/mol. The Hall–Kier alpha value is -2.34. The highest BCUT2D eigenvalue weighted by molar-refractivity contribution is 7.87. The van der Waals surface area contributed by atoms with Gasteiger partial charge in [0.25, 0.3) is 0 Å². The summed E-state index contributed by atoms with van der Waals surface area (Å²) in [6, 6.07) is 12.5. The van der Waals surface area contributed by atoms with E-state index in [1.807, 2.05) is 0 Å². The maximum Gasteiger partial charge on any atom is 0.339 e. The molecule has 0 aliphatic rings. The first kappa shape index (κ1) is 13.1. The van der Waals surface area contributed by atoms with Crippen LogP contribution in [-0.2, 0) is 10.1 Å². The summed E-state index contributed by atoms with van der Waals surface area (Å²) in [6.07, 6.45) is 0. The van der Waals surface area contributed by atoms with E-state index in [0.717, 1.165) is 6.07 Å². The summed E-state index contributed by atoms with van der Waals surface area (Å²) in [4.78, 5) is 11.3. The van der Waals surface area contributed by atoms with Gasteiger partial charge in [-0.15, -0.1) is 0 Å². The van der Waals surface area contributed by atoms with Crippen molar-refractivity contribution in [3.63, 3.8) is 0 Å². The van der Waals surface area contributed by atoms with Crippen molar-refractivity contribution in [2.75, 3.05) is 0 Å². The molecule has 2 rings (SSSR count). The van der Waals surface area contributed by atoms with E-state index < -0.39 is 27.0 Å². The second-order valence-electron chi connectivity index (χ2n) is 3.65. The van der Waals surface area contributed by atoms with Crippen LogP contribution in [0.15, 0.2) is 64.3 Å². The molecule has 0 unspecified atom stereocenters. The normalized spacial score (nSPS) is 10.9. The molecule has 0 amide bonds. The number of aromatic hydroxyl groups is 1. The van der Waals surface area contributed by atoms with Crippen LogP contribution in [0.4, 0.5) is 0 Å². The molecule has 0 fully saturated rings. The number of hydrogen-bond donors (Lipinski definition) is 1. The highest BCUT2D eigenvalue weighted by atomic mass is 32.2. The van der Waals surface area contributed by atoms with E-state index in [0.29, 0.717) is 0 Å². The fourth-order valence-electron chi connectivity index (χ4n) is 1.39. The molecule has 0 aromatic heterocycles. The molecule has 0 heterocycles. The molecule has 0 bridgehead atoms. The van der Waals surface area contributed by atoms with Gasteiger partial charge in [0.2, 0.25) is 11.2 Å². The highest BCUT2D eigenvalue weighted by Gasteiger charge is 2.18. The molecule has 2 aromatic rings. The lowest BCUT2D eigenvalue weighted by atomic mass is 10.4. The summed E-state index contributed by atoms with van der Waals surface area (Å²) in [5, 5.41) is 9.57. The minimum Gasteiger partial charge on any atom is -0.502 e. The smallest absolute Gasteiger partial charge is 0.339 e. The van der Waals surface area contributed by atoms with Crippen LogP contribution in [-0.4, -0.2) is 13.5 Å². The average Bonchev–Trinajstić information content (AvgIpc) is 2.55. The maximum absolute atomic E-state index is 11.9. The first-order chi connectivity index (χ1) is 9.00. The molecule has 19 heavy (non-hydrogen) atoms. The van der Waals surface area contributed by atoms with E-state index in [-0.39, 0.29) is 4.90 Å². The van der Waals surface area contributed by atoms with Crippen molar-refractivity contribution in [3.05, 3.63) is 64.8 Å². The van der Waals surface area contributed by atoms with Crippen LogP contribution >= 0.6 is 0 Å². The van der Waals surface area contributed by atoms with Gasteiger partial charge in [0.1, 0.15) is 4.90 Å². The van der Waals surface area contributed by atoms with E-state index in [2.05, 4.69) is 0 Å². The van der Waals surface area contributed by atoms with Crippen molar-refractivity contribution in [1.29, 1.82) is 0 Å². The van der Waals surface area contributed by atoms with E-state index in [1.165, 1.54) is 30.3 Å². The van der Waals surface area contributed by atoms with E-state index in [9.17, 15) is 18.3 Å². The zero-order valence-corrected chi connectivity index (χ0v) is 10.5. The third kappa shape index (κ3) is 2.92. The van der Waals surface area contributed by atoms with E-state index in [1.54, 1.807) is 18.2 Å². The van der Waals surface area contributed by atoms with Crippen molar-refractivity contribution in [2.45, 2.75) is 4.90 Å². The van der Waals surface area contributed by atoms with E-state index in [4.69, 9.17) is 4.18 Å². The first-order valence-corrected chi connectivity index (χ1v) is 6.73. The lowest BCUT2D eigenvalue weighted by Crippen LogP contribution is -2.10. The standard InChI is InChI=1S/C13H10O5S/c14-11-8-4-5-9-12(13(11)15)18-19(16,17)10-6-2-1-3-7-10/h1-9H,(H,14,15). The molecule has 0 atom stereocenters. The number of rotatable bonds is 3. The molecule has 0 saturated heterocycles. The third-order valence-corrected chi connectivity index (χ3v) is 3.55. The minimum atomic E-state index is -4.08. The van der Waals surface area contributed by atoms with Gasteiger partial charge in [0.05, 0.1) is 0 Å². The van der Waals surface area contributed by atoms with Crippen molar-refractivity contribution in [3.8, 4) is 11.5 Å². The van der Waals surface area contributed by atoms with Gasteiger partial charge in [0.15, 0.2) is 5.75 Å². The molecule has 6 heteroatoms. The first-order valence-electron chi connectivity index (χ1n) is 5.32. The molecule has 98 valence electrons. The van der Waals surface area contributed by atoms with Gasteiger partial charge in [-0.25, -0.2) is 0 Å². The Balaban J connectivity index is 2.46. The Morgan fingerprint density at radius 3 is 2.16 bits per heavy atom. The summed E-state index contributed by atoms with van der Waals surface area (Å²) in [7, 11) is -4.08. The van der Waals surface area contributed by atoms with Crippen molar-refractivity contribution >= 4 is 10.1 Å². The lowest BCUT2D eigenvalue weighted by molar-refractivity contribution is 0.426. The van der Waals surface area contributed by atoms with Crippen LogP contribution in [0.3, 0.4) is 0 Å². The zero-order chi connectivity index (χ0) is 13.9. The Labute approximate surface area is 109 Å². The lowest BCUT2D eigenvalue weighted by Gasteiger charge is -2.06. The van der Waals surface area contributed by atoms with Gasteiger partial charge in [-0.05, 0) is 24.3 Å². The Morgan fingerprint density at radius 2 is 1.47 bits per heavy atom. The Morgan fingerprint density at radius 1 is 0.895 bits per heavy atom. The van der Waals surface area contributed by atoms with Crippen LogP contribution in [0.5, 0.6) is 11.5 Å². The van der Waals surface area contributed by atoms with Crippen molar-refractivity contribution in [2.24, 2.45) is 0 Å². The summed E-state index contributed by atoms with van der Waals surface area (Å²) in [5.41, 5.74) is -0.719. The molecular weight excluding hydrogens is 268 g/mol. The SMILES string of the molecule is O=c1ccccc(OS(=O)(=O)c2ccccc2)c1O. The van der Waals surface area contributed by atoms with Crippen LogP contribution < -0.4 is 9.61 Å². The predicted octanol–water partition coefficient (Wildman–Crippen LogP) is 1.52. The third-order valence-electron chi connectivity index (χ3n) is 2.30. The number of benzene rings is 1. The molecular formula is C13H10O5S. The molecule has 0 spiro atoms. The van der Waals surface area contributed by atoms with Crippen LogP contribution in [0, 0.1) is 0 Å². The number of hydrogen-bond acceptors (Lipinski definition) is 5. The van der Waals surface area contributed by atoms with Gasteiger partial charge >= 0.3 is 10.1 Å². The van der Waals surface area contributed by atoms with Gasteiger partial charge in [-0.2, -0.15) is 8.42 Å². The van der Waals surface area contributed by atoms with Crippen molar-refractivity contribution in [1.82, 2.24) is 0 Å². The average molecular weight is 278 g/mol. The van der Waals surface area contributed by atoms with Gasteiger partial charge in [-0.3, -0.25) is 4.79 Å². The second-order valence-corrected chi connectivity index (χ2v) is 5.19. The molecule has 1 N–H and O–H groups in total. The van der Waals surface area contributed by atoms with Crippen LogP contribution in [0.2, 0.25) is 0 Å². The quantitative estimate of drug-likeness (QED) is 0.861. The minimum absolute atomic E-state index is 0.0617. The van der Waals surface area contributed by atoms with Gasteiger partial charge in [0, 0.05) is 0 Å².